The molecule has 0 aliphatic heterocycles. The first kappa shape index (κ1) is 12.6. The molecule has 0 radical (unpaired) electrons. The van der Waals surface area contributed by atoms with Crippen LogP contribution in [0.3, 0.4) is 0 Å². The van der Waals surface area contributed by atoms with Gasteiger partial charge in [-0.15, -0.1) is 0 Å². The maximum absolute atomic E-state index is 9.70. The first-order valence-corrected chi connectivity index (χ1v) is 5.04. The van der Waals surface area contributed by atoms with Crippen LogP contribution in [0, 0.1) is 0 Å². The Morgan fingerprint density at radius 1 is 1.44 bits per heavy atom. The number of phenolic OH excluding ortho intramolecular Hbond substituents is 1. The van der Waals surface area contributed by atoms with E-state index in [2.05, 4.69) is 0 Å². The Bertz CT molecular complexity index is 354. The number of phenols is 1. The highest BCUT2D eigenvalue weighted by Crippen LogP contribution is 2.38. The first-order valence-electron chi connectivity index (χ1n) is 5.04. The van der Waals surface area contributed by atoms with Gasteiger partial charge in [0.15, 0.2) is 11.5 Å². The van der Waals surface area contributed by atoms with Gasteiger partial charge in [0, 0.05) is 0 Å². The maximum Gasteiger partial charge on any atom is 0.203 e. The molecule has 1 unspecified atom stereocenters. The molecule has 1 atom stereocenters. The molecule has 1 rings (SSSR count). The molecule has 0 aromatic heterocycles. The van der Waals surface area contributed by atoms with Crippen LogP contribution in [0.15, 0.2) is 12.1 Å². The Morgan fingerprint density at radius 3 is 2.62 bits per heavy atom. The van der Waals surface area contributed by atoms with Crippen molar-refractivity contribution in [1.82, 2.24) is 0 Å². The van der Waals surface area contributed by atoms with Crippen LogP contribution in [0.5, 0.6) is 17.2 Å². The number of nitrogens with two attached hydrogens (primary N) is 1. The van der Waals surface area contributed by atoms with Crippen molar-refractivity contribution in [2.24, 2.45) is 5.73 Å². The standard InChI is InChI=1S/C11H17NO4/c1-3-16-10-5-7(8(12)6-13)4-9(14)11(10)15-2/h4-5,8,13-14H,3,6,12H2,1-2H3. The normalized spacial score (nSPS) is 12.2. The van der Waals surface area contributed by atoms with E-state index in [0.29, 0.717) is 17.9 Å². The Balaban J connectivity index is 3.16. The largest absolute Gasteiger partial charge is 0.504 e. The molecule has 0 aliphatic carbocycles. The lowest BCUT2D eigenvalue weighted by Crippen LogP contribution is -2.14. The molecule has 0 saturated carbocycles. The van der Waals surface area contributed by atoms with Gasteiger partial charge in [-0.2, -0.15) is 0 Å². The number of aliphatic hydroxyl groups is 1. The van der Waals surface area contributed by atoms with E-state index in [1.165, 1.54) is 13.2 Å². The van der Waals surface area contributed by atoms with E-state index in [-0.39, 0.29) is 18.1 Å². The van der Waals surface area contributed by atoms with Crippen molar-refractivity contribution < 1.29 is 19.7 Å². The van der Waals surface area contributed by atoms with E-state index in [4.69, 9.17) is 20.3 Å². The fraction of sp³-hybridized carbons (Fsp3) is 0.455. The molecule has 90 valence electrons. The Hall–Kier alpha value is -1.46. The van der Waals surface area contributed by atoms with Gasteiger partial charge in [-0.1, -0.05) is 0 Å². The van der Waals surface area contributed by atoms with Crippen molar-refractivity contribution >= 4 is 0 Å². The number of methoxy groups -OCH3 is 1. The number of rotatable bonds is 5. The SMILES string of the molecule is CCOc1cc(C(N)CO)cc(O)c1OC. The summed E-state index contributed by atoms with van der Waals surface area (Å²) in [4.78, 5) is 0. The second-order valence-electron chi connectivity index (χ2n) is 3.29. The first-order chi connectivity index (χ1) is 7.63. The summed E-state index contributed by atoms with van der Waals surface area (Å²) in [7, 11) is 1.45. The highest BCUT2D eigenvalue weighted by atomic mass is 16.5. The van der Waals surface area contributed by atoms with E-state index in [1.54, 1.807) is 6.07 Å². The van der Waals surface area contributed by atoms with Crippen LogP contribution in [0.4, 0.5) is 0 Å². The molecule has 0 heterocycles. The smallest absolute Gasteiger partial charge is 0.203 e. The van der Waals surface area contributed by atoms with E-state index in [1.807, 2.05) is 6.92 Å². The highest BCUT2D eigenvalue weighted by Gasteiger charge is 2.15. The number of ether oxygens (including phenoxy) is 2. The Kier molecular flexibility index (Phi) is 4.39. The molecule has 16 heavy (non-hydrogen) atoms. The lowest BCUT2D eigenvalue weighted by molar-refractivity contribution is 0.266. The number of aliphatic hydroxyl groups excluding tert-OH is 1. The highest BCUT2D eigenvalue weighted by molar-refractivity contribution is 5.53. The van der Waals surface area contributed by atoms with Crippen LogP contribution in [0.2, 0.25) is 0 Å². The van der Waals surface area contributed by atoms with Gasteiger partial charge in [0.05, 0.1) is 26.4 Å². The zero-order valence-electron chi connectivity index (χ0n) is 9.43. The summed E-state index contributed by atoms with van der Waals surface area (Å²) in [6, 6.07) is 2.57. The number of hydrogen-bond acceptors (Lipinski definition) is 5. The maximum atomic E-state index is 9.70. The van der Waals surface area contributed by atoms with Gasteiger partial charge in [0.1, 0.15) is 0 Å². The van der Waals surface area contributed by atoms with Crippen molar-refractivity contribution in [2.75, 3.05) is 20.3 Å². The van der Waals surface area contributed by atoms with Crippen molar-refractivity contribution in [3.63, 3.8) is 0 Å². The fourth-order valence-electron chi connectivity index (χ4n) is 1.40. The quantitative estimate of drug-likeness (QED) is 0.692. The number of aromatic hydroxyl groups is 1. The van der Waals surface area contributed by atoms with Crippen LogP contribution < -0.4 is 15.2 Å². The molecule has 1 aromatic rings. The van der Waals surface area contributed by atoms with Gasteiger partial charge < -0.3 is 25.4 Å². The lowest BCUT2D eigenvalue weighted by atomic mass is 10.1. The molecule has 0 fully saturated rings. The van der Waals surface area contributed by atoms with Crippen LogP contribution in [-0.2, 0) is 0 Å². The predicted octanol–water partition coefficient (Wildman–Crippen LogP) is 0.792. The van der Waals surface area contributed by atoms with E-state index in [0.717, 1.165) is 0 Å². The van der Waals surface area contributed by atoms with E-state index >= 15 is 0 Å². The zero-order valence-corrected chi connectivity index (χ0v) is 9.43. The Labute approximate surface area is 94.4 Å². The molecule has 0 amide bonds. The monoisotopic (exact) mass is 227 g/mol. The van der Waals surface area contributed by atoms with Crippen LogP contribution in [0.25, 0.3) is 0 Å². The molecule has 0 bridgehead atoms. The van der Waals surface area contributed by atoms with Gasteiger partial charge in [0.2, 0.25) is 5.75 Å². The molecule has 5 heteroatoms. The number of benzene rings is 1. The second-order valence-corrected chi connectivity index (χ2v) is 3.29. The third-order valence-corrected chi connectivity index (χ3v) is 2.19. The van der Waals surface area contributed by atoms with Crippen molar-refractivity contribution in [1.29, 1.82) is 0 Å². The van der Waals surface area contributed by atoms with Crippen molar-refractivity contribution in [3.8, 4) is 17.2 Å². The van der Waals surface area contributed by atoms with Gasteiger partial charge >= 0.3 is 0 Å². The van der Waals surface area contributed by atoms with Gasteiger partial charge in [-0.3, -0.25) is 0 Å². The molecule has 5 nitrogen and oxygen atoms in total. The molecule has 0 saturated heterocycles. The van der Waals surface area contributed by atoms with Crippen LogP contribution in [-0.4, -0.2) is 30.5 Å². The zero-order chi connectivity index (χ0) is 12.1. The topological polar surface area (TPSA) is 84.9 Å². The fourth-order valence-corrected chi connectivity index (χ4v) is 1.40. The summed E-state index contributed by atoms with van der Waals surface area (Å²) >= 11 is 0. The summed E-state index contributed by atoms with van der Waals surface area (Å²) in [5.41, 5.74) is 6.26. The molecule has 0 spiro atoms. The second kappa shape index (κ2) is 5.58. The van der Waals surface area contributed by atoms with Gasteiger partial charge in [-0.25, -0.2) is 0 Å². The van der Waals surface area contributed by atoms with E-state index in [9.17, 15) is 5.11 Å². The summed E-state index contributed by atoms with van der Waals surface area (Å²) < 4.78 is 10.3. The molecular weight excluding hydrogens is 210 g/mol. The molecule has 1 aromatic carbocycles. The molecule has 0 aliphatic rings. The predicted molar refractivity (Wildman–Crippen MR) is 59.8 cm³/mol. The minimum atomic E-state index is -0.545. The van der Waals surface area contributed by atoms with Crippen LogP contribution in [0.1, 0.15) is 18.5 Å². The number of hydrogen-bond donors (Lipinski definition) is 3. The minimum Gasteiger partial charge on any atom is -0.504 e. The van der Waals surface area contributed by atoms with Gasteiger partial charge in [0.25, 0.3) is 0 Å². The molecule has 4 N–H and O–H groups in total. The third kappa shape index (κ3) is 2.56. The summed E-state index contributed by atoms with van der Waals surface area (Å²) in [5.74, 6) is 0.645. The third-order valence-electron chi connectivity index (χ3n) is 2.19. The minimum absolute atomic E-state index is 0.0487. The van der Waals surface area contributed by atoms with Crippen molar-refractivity contribution in [2.45, 2.75) is 13.0 Å². The average molecular weight is 227 g/mol. The van der Waals surface area contributed by atoms with Gasteiger partial charge in [-0.05, 0) is 24.6 Å². The summed E-state index contributed by atoms with van der Waals surface area (Å²) in [6.07, 6.45) is 0. The average Bonchev–Trinajstić information content (AvgIpc) is 2.28. The summed E-state index contributed by atoms with van der Waals surface area (Å²) in [6.45, 7) is 2.08. The van der Waals surface area contributed by atoms with E-state index < -0.39 is 6.04 Å². The molecular formula is C11H17NO4. The lowest BCUT2D eigenvalue weighted by Gasteiger charge is -2.15. The Morgan fingerprint density at radius 2 is 2.12 bits per heavy atom. The van der Waals surface area contributed by atoms with Crippen molar-refractivity contribution in [3.05, 3.63) is 17.7 Å². The summed E-state index contributed by atoms with van der Waals surface area (Å²) in [5, 5.41) is 18.6. The van der Waals surface area contributed by atoms with Crippen LogP contribution >= 0.6 is 0 Å².